The fraction of sp³-hybridized carbons (Fsp3) is 0.188. The Labute approximate surface area is 126 Å². The number of nitrogens with zero attached hydrogens (tertiary/aromatic N) is 2. The highest BCUT2D eigenvalue weighted by molar-refractivity contribution is 9.10. The number of nitrogen functional groups attached to an aromatic ring is 1. The van der Waals surface area contributed by atoms with Gasteiger partial charge in [-0.1, -0.05) is 47.1 Å². The van der Waals surface area contributed by atoms with E-state index in [1.165, 1.54) is 11.1 Å². The molecule has 0 aliphatic heterocycles. The van der Waals surface area contributed by atoms with Gasteiger partial charge in [0.05, 0.1) is 17.6 Å². The van der Waals surface area contributed by atoms with Crippen LogP contribution in [0.4, 0.5) is 5.95 Å². The molecule has 0 atom stereocenters. The van der Waals surface area contributed by atoms with Crippen LogP contribution >= 0.6 is 15.9 Å². The molecule has 1 heterocycles. The molecule has 2 N–H and O–H groups in total. The quantitative estimate of drug-likeness (QED) is 0.789. The Bertz CT molecular complexity index is 762. The fourth-order valence-corrected chi connectivity index (χ4v) is 2.86. The smallest absolute Gasteiger partial charge is 0.201 e. The number of hydrogen-bond acceptors (Lipinski definition) is 2. The molecular formula is C16H16BrN3. The minimum absolute atomic E-state index is 0.559. The lowest BCUT2D eigenvalue weighted by Crippen LogP contribution is -2.06. The summed E-state index contributed by atoms with van der Waals surface area (Å²) in [5.74, 6) is 0.559. The molecule has 0 aliphatic rings. The molecule has 0 radical (unpaired) electrons. The lowest BCUT2D eigenvalue weighted by molar-refractivity contribution is 0.824. The zero-order valence-electron chi connectivity index (χ0n) is 11.3. The topological polar surface area (TPSA) is 43.8 Å². The number of aryl methyl sites for hydroxylation is 1. The van der Waals surface area contributed by atoms with Gasteiger partial charge in [0.2, 0.25) is 5.95 Å². The van der Waals surface area contributed by atoms with Gasteiger partial charge < -0.3 is 10.3 Å². The number of aromatic nitrogens is 2. The largest absolute Gasteiger partial charge is 0.369 e. The first kappa shape index (κ1) is 13.2. The van der Waals surface area contributed by atoms with Gasteiger partial charge >= 0.3 is 0 Å². The molecule has 3 nitrogen and oxygen atoms in total. The molecule has 0 spiro atoms. The molecule has 102 valence electrons. The maximum atomic E-state index is 6.08. The van der Waals surface area contributed by atoms with Gasteiger partial charge in [-0.3, -0.25) is 0 Å². The number of anilines is 1. The number of benzene rings is 2. The van der Waals surface area contributed by atoms with Crippen molar-refractivity contribution < 1.29 is 0 Å². The molecule has 0 fully saturated rings. The number of hydrogen-bond donors (Lipinski definition) is 1. The Morgan fingerprint density at radius 1 is 1.15 bits per heavy atom. The van der Waals surface area contributed by atoms with E-state index in [-0.39, 0.29) is 0 Å². The highest BCUT2D eigenvalue weighted by Crippen LogP contribution is 2.24. The molecule has 3 aromatic rings. The summed E-state index contributed by atoms with van der Waals surface area (Å²) in [5, 5.41) is 0. The van der Waals surface area contributed by atoms with Gasteiger partial charge in [0.25, 0.3) is 0 Å². The van der Waals surface area contributed by atoms with Crippen molar-refractivity contribution in [1.82, 2.24) is 9.55 Å². The van der Waals surface area contributed by atoms with Crippen molar-refractivity contribution >= 4 is 32.9 Å². The van der Waals surface area contributed by atoms with Crippen LogP contribution in [0.2, 0.25) is 0 Å². The van der Waals surface area contributed by atoms with Gasteiger partial charge in [0.1, 0.15) is 0 Å². The van der Waals surface area contributed by atoms with Crippen LogP contribution in [0.5, 0.6) is 0 Å². The molecule has 4 heteroatoms. The summed E-state index contributed by atoms with van der Waals surface area (Å²) in [5.41, 5.74) is 10.7. The second kappa shape index (κ2) is 5.29. The van der Waals surface area contributed by atoms with Crippen LogP contribution in [-0.2, 0) is 13.0 Å². The summed E-state index contributed by atoms with van der Waals surface area (Å²) < 4.78 is 3.10. The molecule has 20 heavy (non-hydrogen) atoms. The lowest BCUT2D eigenvalue weighted by Gasteiger charge is -2.10. The number of imidazole rings is 1. The Kier molecular flexibility index (Phi) is 3.49. The van der Waals surface area contributed by atoms with Gasteiger partial charge in [-0.2, -0.15) is 0 Å². The summed E-state index contributed by atoms with van der Waals surface area (Å²) in [7, 11) is 0. The number of fused-ring (bicyclic) bond motifs is 1. The predicted octanol–water partition coefficient (Wildman–Crippen LogP) is 3.99. The maximum absolute atomic E-state index is 6.08. The van der Waals surface area contributed by atoms with Crippen LogP contribution in [-0.4, -0.2) is 9.55 Å². The molecule has 0 saturated carbocycles. The normalized spacial score (nSPS) is 11.1. The number of rotatable bonds is 3. The van der Waals surface area contributed by atoms with Gasteiger partial charge in [0.15, 0.2) is 0 Å². The standard InChI is InChI=1S/C16H16BrN3/c1-2-11-5-3-4-6-12(11)10-20-15-9-13(17)7-8-14(15)19-16(20)18/h3-9H,2,10H2,1H3,(H2,18,19). The number of halogens is 1. The first-order valence-electron chi connectivity index (χ1n) is 6.67. The third-order valence-corrected chi connectivity index (χ3v) is 4.06. The molecule has 0 bridgehead atoms. The average molecular weight is 330 g/mol. The summed E-state index contributed by atoms with van der Waals surface area (Å²) in [6.45, 7) is 2.92. The fourth-order valence-electron chi connectivity index (χ4n) is 2.51. The zero-order chi connectivity index (χ0) is 14.1. The summed E-state index contributed by atoms with van der Waals surface area (Å²) in [6.07, 6.45) is 1.02. The monoisotopic (exact) mass is 329 g/mol. The van der Waals surface area contributed by atoms with E-state index in [4.69, 9.17) is 5.73 Å². The van der Waals surface area contributed by atoms with Gasteiger partial charge in [-0.25, -0.2) is 4.98 Å². The minimum atomic E-state index is 0.559. The maximum Gasteiger partial charge on any atom is 0.201 e. The van der Waals surface area contributed by atoms with Crippen molar-refractivity contribution in [3.8, 4) is 0 Å². The van der Waals surface area contributed by atoms with E-state index in [0.29, 0.717) is 5.95 Å². The Morgan fingerprint density at radius 2 is 1.90 bits per heavy atom. The van der Waals surface area contributed by atoms with E-state index in [1.54, 1.807) is 0 Å². The van der Waals surface area contributed by atoms with Crippen LogP contribution in [0.1, 0.15) is 18.1 Å². The summed E-state index contributed by atoms with van der Waals surface area (Å²) in [6, 6.07) is 14.5. The van der Waals surface area contributed by atoms with Crippen LogP contribution in [0.15, 0.2) is 46.9 Å². The van der Waals surface area contributed by atoms with Crippen molar-refractivity contribution in [3.05, 3.63) is 58.1 Å². The van der Waals surface area contributed by atoms with Gasteiger partial charge in [0, 0.05) is 4.47 Å². The lowest BCUT2D eigenvalue weighted by atomic mass is 10.1. The van der Waals surface area contributed by atoms with Gasteiger partial charge in [-0.05, 0) is 35.7 Å². The van der Waals surface area contributed by atoms with Crippen molar-refractivity contribution in [2.24, 2.45) is 0 Å². The van der Waals surface area contributed by atoms with Crippen LogP contribution < -0.4 is 5.73 Å². The van der Waals surface area contributed by atoms with Crippen molar-refractivity contribution in [3.63, 3.8) is 0 Å². The summed E-state index contributed by atoms with van der Waals surface area (Å²) >= 11 is 3.51. The van der Waals surface area contributed by atoms with Crippen LogP contribution in [0.25, 0.3) is 11.0 Å². The van der Waals surface area contributed by atoms with Crippen LogP contribution in [0, 0.1) is 0 Å². The third-order valence-electron chi connectivity index (χ3n) is 3.57. The molecule has 2 aromatic carbocycles. The molecule has 0 saturated heterocycles. The SMILES string of the molecule is CCc1ccccc1Cn1c(N)nc2ccc(Br)cc21. The van der Waals surface area contributed by atoms with Gasteiger partial charge in [-0.15, -0.1) is 0 Å². The first-order chi connectivity index (χ1) is 9.69. The van der Waals surface area contributed by atoms with E-state index < -0.39 is 0 Å². The van der Waals surface area contributed by atoms with E-state index in [9.17, 15) is 0 Å². The average Bonchev–Trinajstić information content (AvgIpc) is 2.76. The zero-order valence-corrected chi connectivity index (χ0v) is 12.9. The molecular weight excluding hydrogens is 314 g/mol. The second-order valence-electron chi connectivity index (χ2n) is 4.81. The number of nitrogens with two attached hydrogens (primary N) is 1. The second-order valence-corrected chi connectivity index (χ2v) is 5.73. The van der Waals surface area contributed by atoms with E-state index >= 15 is 0 Å². The molecule has 3 rings (SSSR count). The van der Waals surface area contributed by atoms with E-state index in [0.717, 1.165) is 28.5 Å². The Morgan fingerprint density at radius 3 is 2.65 bits per heavy atom. The Balaban J connectivity index is 2.10. The third kappa shape index (κ3) is 2.31. The molecule has 0 amide bonds. The highest BCUT2D eigenvalue weighted by atomic mass is 79.9. The summed E-state index contributed by atoms with van der Waals surface area (Å²) in [4.78, 5) is 4.43. The minimum Gasteiger partial charge on any atom is -0.369 e. The van der Waals surface area contributed by atoms with Crippen LogP contribution in [0.3, 0.4) is 0 Å². The molecule has 0 aliphatic carbocycles. The molecule has 0 unspecified atom stereocenters. The predicted molar refractivity (Wildman–Crippen MR) is 86.8 cm³/mol. The first-order valence-corrected chi connectivity index (χ1v) is 7.46. The van der Waals surface area contributed by atoms with E-state index in [2.05, 4.69) is 62.7 Å². The Hall–Kier alpha value is -1.81. The van der Waals surface area contributed by atoms with E-state index in [1.807, 2.05) is 12.1 Å². The van der Waals surface area contributed by atoms with Crippen molar-refractivity contribution in [2.75, 3.05) is 5.73 Å². The molecule has 1 aromatic heterocycles. The van der Waals surface area contributed by atoms with Crippen molar-refractivity contribution in [1.29, 1.82) is 0 Å². The highest BCUT2D eigenvalue weighted by Gasteiger charge is 2.10. The van der Waals surface area contributed by atoms with Crippen molar-refractivity contribution in [2.45, 2.75) is 19.9 Å².